The first-order valence-electron chi connectivity index (χ1n) is 9.18. The van der Waals surface area contributed by atoms with Gasteiger partial charge in [0.05, 0.1) is 18.2 Å². The molecule has 156 valence electrons. The van der Waals surface area contributed by atoms with E-state index in [1.54, 1.807) is 33.4 Å². The second-order valence-corrected chi connectivity index (χ2v) is 10.9. The van der Waals surface area contributed by atoms with Crippen molar-refractivity contribution in [1.29, 1.82) is 0 Å². The van der Waals surface area contributed by atoms with E-state index in [1.807, 2.05) is 32.0 Å². The number of allylic oxidation sites excluding steroid dienone is 3. The average Bonchev–Trinajstić information content (AvgIpc) is 2.63. The Bertz CT molecular complexity index is 1010. The highest BCUT2D eigenvalue weighted by molar-refractivity contribution is 7.70. The lowest BCUT2D eigenvalue weighted by Gasteiger charge is -2.20. The van der Waals surface area contributed by atoms with Crippen LogP contribution in [0.5, 0.6) is 5.75 Å². The zero-order valence-corrected chi connectivity index (χ0v) is 19.3. The number of methoxy groups -OCH3 is 1. The Morgan fingerprint density at radius 3 is 2.52 bits per heavy atom. The summed E-state index contributed by atoms with van der Waals surface area (Å²) >= 11 is 6.25. The molecule has 0 aliphatic heterocycles. The van der Waals surface area contributed by atoms with Gasteiger partial charge in [-0.3, -0.25) is 0 Å². The zero-order valence-electron chi connectivity index (χ0n) is 17.7. The molecule has 1 unspecified atom stereocenters. The van der Waals surface area contributed by atoms with Gasteiger partial charge in [0.15, 0.2) is 0 Å². The molecule has 0 spiro atoms. The molecular formula is C23H27ClFO3P. The molecule has 0 radical (unpaired) electrons. The smallest absolute Gasteiger partial charge is 0.130 e. The molecule has 0 fully saturated rings. The van der Waals surface area contributed by atoms with Crippen molar-refractivity contribution in [3.05, 3.63) is 76.3 Å². The Kier molecular flexibility index (Phi) is 7.37. The van der Waals surface area contributed by atoms with Gasteiger partial charge in [0.2, 0.25) is 0 Å². The third-order valence-electron chi connectivity index (χ3n) is 4.67. The van der Waals surface area contributed by atoms with Crippen LogP contribution in [0.1, 0.15) is 36.6 Å². The molecule has 0 aliphatic rings. The molecule has 1 atom stereocenters. The van der Waals surface area contributed by atoms with Gasteiger partial charge < -0.3 is 14.0 Å². The summed E-state index contributed by atoms with van der Waals surface area (Å²) in [5, 5.41) is 1.16. The first kappa shape index (κ1) is 23.3. The number of benzene rings is 2. The summed E-state index contributed by atoms with van der Waals surface area (Å²) in [6, 6.07) is 8.37. The van der Waals surface area contributed by atoms with Gasteiger partial charge in [-0.1, -0.05) is 24.2 Å². The van der Waals surface area contributed by atoms with Crippen molar-refractivity contribution in [2.75, 3.05) is 20.4 Å². The zero-order chi connectivity index (χ0) is 21.9. The Hall–Kier alpha value is -2.03. The predicted molar refractivity (Wildman–Crippen MR) is 121 cm³/mol. The van der Waals surface area contributed by atoms with Gasteiger partial charge >= 0.3 is 0 Å². The summed E-state index contributed by atoms with van der Waals surface area (Å²) in [6.07, 6.45) is 1.37. The maximum Gasteiger partial charge on any atom is 0.130 e. The lowest BCUT2D eigenvalue weighted by Crippen LogP contribution is -2.08. The summed E-state index contributed by atoms with van der Waals surface area (Å²) in [6.45, 7) is 12.8. The van der Waals surface area contributed by atoms with Crippen molar-refractivity contribution in [1.82, 2.24) is 0 Å². The maximum atomic E-state index is 13.9. The monoisotopic (exact) mass is 436 g/mol. The molecule has 29 heavy (non-hydrogen) atoms. The number of hydrogen-bond acceptors (Lipinski definition) is 3. The van der Waals surface area contributed by atoms with Crippen LogP contribution in [-0.2, 0) is 9.30 Å². The highest BCUT2D eigenvalue weighted by Crippen LogP contribution is 2.39. The van der Waals surface area contributed by atoms with Gasteiger partial charge in [0.1, 0.15) is 24.8 Å². The molecule has 6 heteroatoms. The van der Waals surface area contributed by atoms with E-state index in [-0.39, 0.29) is 5.82 Å². The molecule has 0 heterocycles. The minimum Gasteiger partial charge on any atom is -0.496 e. The van der Waals surface area contributed by atoms with E-state index in [1.165, 1.54) is 12.1 Å². The molecule has 2 rings (SSSR count). The first-order valence-corrected chi connectivity index (χ1v) is 12.2. The van der Waals surface area contributed by atoms with Crippen LogP contribution in [0.4, 0.5) is 4.39 Å². The third kappa shape index (κ3) is 5.52. The van der Waals surface area contributed by atoms with Crippen molar-refractivity contribution in [2.24, 2.45) is 0 Å². The fourth-order valence-corrected chi connectivity index (χ4v) is 4.67. The molecule has 0 amide bonds. The second-order valence-electron chi connectivity index (χ2n) is 7.35. The lowest BCUT2D eigenvalue weighted by atomic mass is 10.0. The molecule has 2 aromatic carbocycles. The van der Waals surface area contributed by atoms with Crippen LogP contribution >= 0.6 is 18.7 Å². The van der Waals surface area contributed by atoms with Gasteiger partial charge in [0, 0.05) is 10.6 Å². The van der Waals surface area contributed by atoms with E-state index < -0.39 is 13.2 Å². The maximum absolute atomic E-state index is 13.9. The van der Waals surface area contributed by atoms with E-state index in [9.17, 15) is 8.96 Å². The van der Waals surface area contributed by atoms with Crippen molar-refractivity contribution >= 4 is 29.6 Å². The fraction of sp³-hybridized carbons (Fsp3) is 0.304. The topological polar surface area (TPSA) is 35.5 Å². The van der Waals surface area contributed by atoms with Crippen LogP contribution in [0.2, 0.25) is 5.02 Å². The molecular weight excluding hydrogens is 410 g/mol. The average molecular weight is 437 g/mol. The van der Waals surface area contributed by atoms with E-state index in [2.05, 4.69) is 6.58 Å². The summed E-state index contributed by atoms with van der Waals surface area (Å²) in [7, 11) is -0.901. The number of ether oxygens (including phenoxy) is 2. The summed E-state index contributed by atoms with van der Waals surface area (Å²) in [5.74, 6) is 0.864. The third-order valence-corrected chi connectivity index (χ3v) is 6.53. The van der Waals surface area contributed by atoms with Gasteiger partial charge in [-0.15, -0.1) is 0 Å². The Balaban J connectivity index is 2.25. The van der Waals surface area contributed by atoms with Gasteiger partial charge in [-0.05, 0) is 81.1 Å². The van der Waals surface area contributed by atoms with E-state index in [0.717, 1.165) is 5.56 Å². The fourth-order valence-electron chi connectivity index (χ4n) is 3.19. The summed E-state index contributed by atoms with van der Waals surface area (Å²) < 4.78 is 37.7. The number of halogens is 2. The highest BCUT2D eigenvalue weighted by Gasteiger charge is 2.19. The predicted octanol–water partition coefficient (Wildman–Crippen LogP) is 6.74. The lowest BCUT2D eigenvalue weighted by molar-refractivity contribution is 0.134. The molecule has 0 aromatic heterocycles. The number of hydrogen-bond donors (Lipinski definition) is 0. The van der Waals surface area contributed by atoms with E-state index >= 15 is 0 Å². The quantitative estimate of drug-likeness (QED) is 0.274. The normalized spacial score (nSPS) is 13.2. The van der Waals surface area contributed by atoms with Gasteiger partial charge in [-0.2, -0.15) is 0 Å². The van der Waals surface area contributed by atoms with Crippen molar-refractivity contribution in [2.45, 2.75) is 26.9 Å². The largest absolute Gasteiger partial charge is 0.496 e. The molecule has 2 aromatic rings. The van der Waals surface area contributed by atoms with Gasteiger partial charge in [0.25, 0.3) is 0 Å². The van der Waals surface area contributed by atoms with E-state index in [4.69, 9.17) is 21.1 Å². The number of rotatable bonds is 7. The van der Waals surface area contributed by atoms with Crippen LogP contribution in [-0.4, -0.2) is 20.4 Å². The van der Waals surface area contributed by atoms with Crippen molar-refractivity contribution in [3.8, 4) is 5.75 Å². The molecule has 3 nitrogen and oxygen atoms in total. The Morgan fingerprint density at radius 2 is 1.93 bits per heavy atom. The highest BCUT2D eigenvalue weighted by atomic mass is 35.5. The minimum atomic E-state index is -2.45. The van der Waals surface area contributed by atoms with Crippen LogP contribution < -0.4 is 10.0 Å². The molecule has 0 N–H and O–H groups in total. The van der Waals surface area contributed by atoms with Crippen LogP contribution in [0.15, 0.2) is 48.7 Å². The van der Waals surface area contributed by atoms with Crippen molar-refractivity contribution < 1.29 is 18.4 Å². The van der Waals surface area contributed by atoms with Crippen LogP contribution in [0, 0.1) is 12.7 Å². The molecule has 0 bridgehead atoms. The first-order chi connectivity index (χ1) is 13.5. The summed E-state index contributed by atoms with van der Waals surface area (Å²) in [4.78, 5) is 0. The van der Waals surface area contributed by atoms with Gasteiger partial charge in [-0.25, -0.2) is 4.39 Å². The molecule has 0 saturated carbocycles. The van der Waals surface area contributed by atoms with Crippen molar-refractivity contribution in [3.63, 3.8) is 0 Å². The Morgan fingerprint density at radius 1 is 1.28 bits per heavy atom. The molecule has 0 aliphatic carbocycles. The van der Waals surface area contributed by atoms with Crippen LogP contribution in [0.25, 0.3) is 5.57 Å². The minimum absolute atomic E-state index is 0.317. The SMILES string of the molecule is C=C(C=C(C)OC(C)c1c(Cl)ccc(F)c1C)c1ccc(P(C)(C)=O)c(OC)c1. The Labute approximate surface area is 177 Å². The summed E-state index contributed by atoms with van der Waals surface area (Å²) in [5.41, 5.74) is 2.64. The standard InChI is InChI=1S/C23H27ClFO3P/c1-14(18-8-11-22(29(6,7)26)21(13-18)27-5)12-15(2)28-17(4)23-16(3)20(25)10-9-19(23)24/h8-13,17H,1H2,2-7H3. The van der Waals surface area contributed by atoms with Crippen LogP contribution in [0.3, 0.4) is 0 Å². The molecule has 0 saturated heterocycles. The van der Waals surface area contributed by atoms with E-state index in [0.29, 0.717) is 38.5 Å². The second kappa shape index (κ2) is 9.19.